The number of hydrogen-bond acceptors (Lipinski definition) is 4. The molecule has 0 bridgehead atoms. The molecule has 0 aliphatic carbocycles. The van der Waals surface area contributed by atoms with Gasteiger partial charge in [-0.15, -0.1) is 0 Å². The zero-order valence-corrected chi connectivity index (χ0v) is 12.7. The number of halogens is 1. The second-order valence-electron chi connectivity index (χ2n) is 4.82. The van der Waals surface area contributed by atoms with Crippen molar-refractivity contribution in [2.75, 3.05) is 26.9 Å². The first-order valence-corrected chi connectivity index (χ1v) is 6.89. The molecule has 2 heterocycles. The molecule has 0 spiro atoms. The lowest BCUT2D eigenvalue weighted by Crippen LogP contribution is -2.57. The number of hydrogen-bond donors (Lipinski definition) is 0. The average Bonchev–Trinajstić information content (AvgIpc) is 2.43. The minimum Gasteiger partial charge on any atom is -0.325 e. The SMILES string of the molecule is CCN1CN(C)CN(Cc2ccc(Cl)nc2)/C1=N\[N+](=O)[O-]. The van der Waals surface area contributed by atoms with Crippen LogP contribution in [0.15, 0.2) is 23.4 Å². The molecule has 21 heavy (non-hydrogen) atoms. The number of pyridine rings is 1. The summed E-state index contributed by atoms with van der Waals surface area (Å²) < 4.78 is 0. The van der Waals surface area contributed by atoms with Crippen LogP contribution in [0.4, 0.5) is 0 Å². The van der Waals surface area contributed by atoms with Crippen LogP contribution in [0.1, 0.15) is 12.5 Å². The van der Waals surface area contributed by atoms with Gasteiger partial charge >= 0.3 is 0 Å². The van der Waals surface area contributed by atoms with E-state index in [4.69, 9.17) is 11.6 Å². The Bertz CT molecular complexity index is 535. The summed E-state index contributed by atoms with van der Waals surface area (Å²) in [7, 11) is 1.96. The van der Waals surface area contributed by atoms with Crippen LogP contribution in [0.3, 0.4) is 0 Å². The summed E-state index contributed by atoms with van der Waals surface area (Å²) in [6.45, 7) is 4.24. The monoisotopic (exact) mass is 312 g/mol. The van der Waals surface area contributed by atoms with Gasteiger partial charge in [0.1, 0.15) is 10.3 Å². The molecular weight excluding hydrogens is 296 g/mol. The van der Waals surface area contributed by atoms with Crippen LogP contribution in [0.5, 0.6) is 0 Å². The Morgan fingerprint density at radius 1 is 1.43 bits per heavy atom. The van der Waals surface area contributed by atoms with Crippen molar-refractivity contribution in [2.24, 2.45) is 5.10 Å². The van der Waals surface area contributed by atoms with Crippen molar-refractivity contribution in [1.82, 2.24) is 19.7 Å². The molecule has 1 aromatic rings. The minimum atomic E-state index is -0.656. The lowest BCUT2D eigenvalue weighted by atomic mass is 10.2. The number of guanidine groups is 1. The van der Waals surface area contributed by atoms with Crippen LogP contribution >= 0.6 is 11.6 Å². The predicted octanol–water partition coefficient (Wildman–Crippen LogP) is 1.27. The fraction of sp³-hybridized carbons (Fsp3) is 0.500. The minimum absolute atomic E-state index is 0.371. The highest BCUT2D eigenvalue weighted by atomic mass is 35.5. The quantitative estimate of drug-likeness (QED) is 0.473. The van der Waals surface area contributed by atoms with Gasteiger partial charge in [0.25, 0.3) is 5.96 Å². The van der Waals surface area contributed by atoms with Crippen LogP contribution < -0.4 is 0 Å². The second kappa shape index (κ2) is 6.68. The van der Waals surface area contributed by atoms with Gasteiger partial charge in [-0.2, -0.15) is 0 Å². The van der Waals surface area contributed by atoms with Gasteiger partial charge in [0.2, 0.25) is 0 Å². The molecule has 0 aromatic carbocycles. The Morgan fingerprint density at radius 2 is 2.14 bits per heavy atom. The van der Waals surface area contributed by atoms with E-state index in [9.17, 15) is 10.1 Å². The molecule has 1 fully saturated rings. The molecule has 0 radical (unpaired) electrons. The number of nitrogens with zero attached hydrogens (tertiary/aromatic N) is 6. The Balaban J connectivity index is 2.23. The van der Waals surface area contributed by atoms with Gasteiger partial charge < -0.3 is 9.80 Å². The number of hydrazone groups is 1. The maximum Gasteiger partial charge on any atom is 0.276 e. The molecule has 8 nitrogen and oxygen atoms in total. The zero-order valence-electron chi connectivity index (χ0n) is 11.9. The van der Waals surface area contributed by atoms with E-state index in [2.05, 4.69) is 15.0 Å². The molecule has 9 heteroatoms. The van der Waals surface area contributed by atoms with Crippen molar-refractivity contribution in [3.8, 4) is 0 Å². The maximum atomic E-state index is 10.8. The van der Waals surface area contributed by atoms with Gasteiger partial charge in [-0.1, -0.05) is 17.7 Å². The summed E-state index contributed by atoms with van der Waals surface area (Å²) in [6, 6.07) is 3.55. The summed E-state index contributed by atoms with van der Waals surface area (Å²) >= 11 is 5.77. The Labute approximate surface area is 127 Å². The van der Waals surface area contributed by atoms with Crippen LogP contribution in [-0.2, 0) is 6.54 Å². The first-order chi connectivity index (χ1) is 9.99. The molecule has 1 aromatic heterocycles. The summed E-state index contributed by atoms with van der Waals surface area (Å²) in [5.74, 6) is 0.371. The Hall–Kier alpha value is -1.93. The molecule has 2 rings (SSSR count). The van der Waals surface area contributed by atoms with Crippen LogP contribution in [-0.4, -0.2) is 57.6 Å². The van der Waals surface area contributed by atoms with E-state index < -0.39 is 5.03 Å². The summed E-state index contributed by atoms with van der Waals surface area (Å²) in [5, 5.41) is 14.1. The van der Waals surface area contributed by atoms with Crippen molar-refractivity contribution in [3.63, 3.8) is 0 Å². The average molecular weight is 313 g/mol. The van der Waals surface area contributed by atoms with Crippen molar-refractivity contribution >= 4 is 17.6 Å². The van der Waals surface area contributed by atoms with Gasteiger partial charge in [0.05, 0.1) is 13.3 Å². The topological polar surface area (TPSA) is 78.1 Å². The highest BCUT2D eigenvalue weighted by molar-refractivity contribution is 6.29. The summed E-state index contributed by atoms with van der Waals surface area (Å²) in [5.41, 5.74) is 0.918. The lowest BCUT2D eigenvalue weighted by molar-refractivity contribution is -0.486. The van der Waals surface area contributed by atoms with E-state index in [1.807, 2.05) is 29.8 Å². The molecule has 0 N–H and O–H groups in total. The standard InChI is InChI=1S/C12H17ClN6O2/c1-3-17-8-16(2)9-18(12(17)15-19(20)21)7-10-4-5-11(13)14-6-10/h4-6H,3,7-9H2,1-2H3/b15-12-. The van der Waals surface area contributed by atoms with Crippen LogP contribution in [0.25, 0.3) is 0 Å². The molecule has 0 atom stereocenters. The summed E-state index contributed by atoms with van der Waals surface area (Å²) in [6.07, 6.45) is 1.66. The molecular formula is C12H17ClN6O2. The number of rotatable bonds is 4. The van der Waals surface area contributed by atoms with E-state index in [0.717, 1.165) is 5.56 Å². The second-order valence-corrected chi connectivity index (χ2v) is 5.21. The van der Waals surface area contributed by atoms with Gasteiger partial charge in [0, 0.05) is 19.3 Å². The van der Waals surface area contributed by atoms with Crippen LogP contribution in [0, 0.1) is 10.1 Å². The maximum absolute atomic E-state index is 10.8. The van der Waals surface area contributed by atoms with Crippen molar-refractivity contribution < 1.29 is 5.03 Å². The first-order valence-electron chi connectivity index (χ1n) is 6.51. The van der Waals surface area contributed by atoms with Crippen molar-refractivity contribution in [3.05, 3.63) is 39.2 Å². The molecule has 0 saturated carbocycles. The number of aromatic nitrogens is 1. The fourth-order valence-corrected chi connectivity index (χ4v) is 2.35. The lowest BCUT2D eigenvalue weighted by Gasteiger charge is -2.41. The van der Waals surface area contributed by atoms with Crippen molar-refractivity contribution in [1.29, 1.82) is 0 Å². The molecule has 0 unspecified atom stereocenters. The Morgan fingerprint density at radius 3 is 2.71 bits per heavy atom. The molecule has 1 aliphatic rings. The Kier molecular flexibility index (Phi) is 4.92. The summed E-state index contributed by atoms with van der Waals surface area (Å²) in [4.78, 5) is 20.6. The normalized spacial score (nSPS) is 18.3. The molecule has 1 aliphatic heterocycles. The van der Waals surface area contributed by atoms with Gasteiger partial charge in [-0.3, -0.25) is 4.90 Å². The van der Waals surface area contributed by atoms with E-state index in [1.165, 1.54) is 0 Å². The van der Waals surface area contributed by atoms with E-state index in [1.54, 1.807) is 12.3 Å². The third kappa shape index (κ3) is 4.02. The smallest absolute Gasteiger partial charge is 0.276 e. The van der Waals surface area contributed by atoms with Gasteiger partial charge in [-0.25, -0.2) is 15.1 Å². The fourth-order valence-electron chi connectivity index (χ4n) is 2.24. The van der Waals surface area contributed by atoms with Gasteiger partial charge in [-0.05, 0) is 25.6 Å². The van der Waals surface area contributed by atoms with E-state index in [-0.39, 0.29) is 0 Å². The van der Waals surface area contributed by atoms with E-state index >= 15 is 0 Å². The number of nitro groups is 1. The first kappa shape index (κ1) is 15.5. The predicted molar refractivity (Wildman–Crippen MR) is 79.1 cm³/mol. The highest BCUT2D eigenvalue weighted by Gasteiger charge is 2.28. The third-order valence-corrected chi connectivity index (χ3v) is 3.33. The third-order valence-electron chi connectivity index (χ3n) is 3.10. The highest BCUT2D eigenvalue weighted by Crippen LogP contribution is 2.14. The van der Waals surface area contributed by atoms with E-state index in [0.29, 0.717) is 37.5 Å². The van der Waals surface area contributed by atoms with Crippen LogP contribution in [0.2, 0.25) is 5.15 Å². The largest absolute Gasteiger partial charge is 0.325 e. The molecule has 0 amide bonds. The zero-order chi connectivity index (χ0) is 15.4. The molecule has 114 valence electrons. The van der Waals surface area contributed by atoms with Gasteiger partial charge in [0.15, 0.2) is 5.03 Å². The van der Waals surface area contributed by atoms with Crippen molar-refractivity contribution in [2.45, 2.75) is 13.5 Å². The molecule has 1 saturated heterocycles.